The lowest BCUT2D eigenvalue weighted by Gasteiger charge is -2.24. The molecule has 0 amide bonds. The predicted octanol–water partition coefficient (Wildman–Crippen LogP) is 1.61. The van der Waals surface area contributed by atoms with Gasteiger partial charge in [-0.25, -0.2) is 0 Å². The number of aliphatic hydroxyl groups excluding tert-OH is 1. The molecule has 0 saturated carbocycles. The highest BCUT2D eigenvalue weighted by Gasteiger charge is 2.30. The van der Waals surface area contributed by atoms with E-state index in [9.17, 15) is 5.11 Å². The predicted molar refractivity (Wildman–Crippen MR) is 70.5 cm³/mol. The van der Waals surface area contributed by atoms with Gasteiger partial charge in [0.2, 0.25) is 11.7 Å². The fourth-order valence-electron chi connectivity index (χ4n) is 2.21. The van der Waals surface area contributed by atoms with Crippen LogP contribution in [0.15, 0.2) is 28.8 Å². The van der Waals surface area contributed by atoms with E-state index in [-0.39, 0.29) is 5.92 Å². The van der Waals surface area contributed by atoms with Gasteiger partial charge >= 0.3 is 0 Å². The van der Waals surface area contributed by atoms with Gasteiger partial charge in [0.05, 0.1) is 25.7 Å². The van der Waals surface area contributed by atoms with Crippen LogP contribution in [0.4, 0.5) is 0 Å². The smallest absolute Gasteiger partial charge is 0.235 e. The normalized spacial score (nSPS) is 22.7. The van der Waals surface area contributed by atoms with Crippen molar-refractivity contribution in [2.75, 3.05) is 20.3 Å². The summed E-state index contributed by atoms with van der Waals surface area (Å²) >= 11 is 0. The summed E-state index contributed by atoms with van der Waals surface area (Å²) in [6.45, 7) is 0.975. The first-order valence-electron chi connectivity index (χ1n) is 6.52. The molecular weight excluding hydrogens is 260 g/mol. The monoisotopic (exact) mass is 276 g/mol. The van der Waals surface area contributed by atoms with Crippen molar-refractivity contribution in [3.8, 4) is 17.1 Å². The van der Waals surface area contributed by atoms with Crippen molar-refractivity contribution in [2.45, 2.75) is 18.4 Å². The number of hydrogen-bond acceptors (Lipinski definition) is 6. The molecule has 2 unspecified atom stereocenters. The standard InChI is InChI=1S/C14H16N2O4/c1-18-10-4-2-9(3-5-10)13-15-14(20-16-13)11-8-19-7-6-12(11)17/h2-5,11-12,17H,6-8H2,1H3. The van der Waals surface area contributed by atoms with Crippen molar-refractivity contribution >= 4 is 0 Å². The average molecular weight is 276 g/mol. The molecule has 1 aromatic heterocycles. The lowest BCUT2D eigenvalue weighted by Crippen LogP contribution is -2.30. The van der Waals surface area contributed by atoms with E-state index in [2.05, 4.69) is 10.1 Å². The Balaban J connectivity index is 1.81. The molecule has 106 valence electrons. The minimum absolute atomic E-state index is 0.247. The zero-order valence-electron chi connectivity index (χ0n) is 11.2. The van der Waals surface area contributed by atoms with Gasteiger partial charge in [0.25, 0.3) is 0 Å². The second-order valence-corrected chi connectivity index (χ2v) is 4.72. The van der Waals surface area contributed by atoms with Crippen LogP contribution in [0.25, 0.3) is 11.4 Å². The molecule has 1 aliphatic rings. The van der Waals surface area contributed by atoms with E-state index < -0.39 is 6.10 Å². The summed E-state index contributed by atoms with van der Waals surface area (Å²) in [5, 5.41) is 13.9. The molecule has 1 aromatic carbocycles. The van der Waals surface area contributed by atoms with E-state index in [4.69, 9.17) is 14.0 Å². The third-order valence-corrected chi connectivity index (χ3v) is 3.43. The highest BCUT2D eigenvalue weighted by atomic mass is 16.5. The maximum Gasteiger partial charge on any atom is 0.235 e. The third kappa shape index (κ3) is 2.52. The zero-order valence-corrected chi connectivity index (χ0v) is 11.2. The summed E-state index contributed by atoms with van der Waals surface area (Å²) in [5.41, 5.74) is 0.840. The van der Waals surface area contributed by atoms with Crippen LogP contribution in [-0.2, 0) is 4.74 Å². The summed E-state index contributed by atoms with van der Waals surface area (Å²) in [6, 6.07) is 7.40. The first kappa shape index (κ1) is 13.1. The summed E-state index contributed by atoms with van der Waals surface area (Å²) < 4.78 is 15.7. The Hall–Kier alpha value is -1.92. The van der Waals surface area contributed by atoms with Crippen LogP contribution in [0.2, 0.25) is 0 Å². The van der Waals surface area contributed by atoms with E-state index in [0.29, 0.717) is 31.3 Å². The summed E-state index contributed by atoms with van der Waals surface area (Å²) in [6.07, 6.45) is 0.0955. The quantitative estimate of drug-likeness (QED) is 0.917. The molecule has 1 aliphatic heterocycles. The van der Waals surface area contributed by atoms with Crippen molar-refractivity contribution in [2.24, 2.45) is 0 Å². The Labute approximate surface area is 116 Å². The lowest BCUT2D eigenvalue weighted by molar-refractivity contribution is -0.0149. The average Bonchev–Trinajstić information content (AvgIpc) is 2.97. The fourth-order valence-corrected chi connectivity index (χ4v) is 2.21. The number of nitrogens with zero attached hydrogens (tertiary/aromatic N) is 2. The van der Waals surface area contributed by atoms with Gasteiger partial charge in [0.1, 0.15) is 5.75 Å². The van der Waals surface area contributed by atoms with Gasteiger partial charge < -0.3 is 19.1 Å². The van der Waals surface area contributed by atoms with E-state index in [1.807, 2.05) is 24.3 Å². The maximum absolute atomic E-state index is 9.95. The number of hydrogen-bond donors (Lipinski definition) is 1. The van der Waals surface area contributed by atoms with Crippen LogP contribution in [-0.4, -0.2) is 41.7 Å². The van der Waals surface area contributed by atoms with Crippen molar-refractivity contribution in [1.29, 1.82) is 0 Å². The van der Waals surface area contributed by atoms with Crippen molar-refractivity contribution in [3.05, 3.63) is 30.2 Å². The van der Waals surface area contributed by atoms with Crippen LogP contribution < -0.4 is 4.74 Å². The largest absolute Gasteiger partial charge is 0.497 e. The molecule has 0 spiro atoms. The number of methoxy groups -OCH3 is 1. The molecule has 3 rings (SSSR count). The number of ether oxygens (including phenoxy) is 2. The van der Waals surface area contributed by atoms with Gasteiger partial charge in [-0.2, -0.15) is 4.98 Å². The second-order valence-electron chi connectivity index (χ2n) is 4.72. The van der Waals surface area contributed by atoms with Crippen molar-refractivity contribution < 1.29 is 19.1 Å². The SMILES string of the molecule is COc1ccc(-c2noc(C3COCCC3O)n2)cc1. The topological polar surface area (TPSA) is 77.6 Å². The molecule has 2 atom stereocenters. The molecule has 2 heterocycles. The van der Waals surface area contributed by atoms with Crippen LogP contribution in [0.3, 0.4) is 0 Å². The van der Waals surface area contributed by atoms with Crippen LogP contribution in [0, 0.1) is 0 Å². The zero-order chi connectivity index (χ0) is 13.9. The number of aliphatic hydroxyl groups is 1. The molecule has 6 heteroatoms. The number of rotatable bonds is 3. The van der Waals surface area contributed by atoms with E-state index >= 15 is 0 Å². The minimum atomic E-state index is -0.493. The van der Waals surface area contributed by atoms with Crippen LogP contribution in [0.1, 0.15) is 18.2 Å². The molecule has 1 fully saturated rings. The van der Waals surface area contributed by atoms with Gasteiger partial charge in [0.15, 0.2) is 0 Å². The summed E-state index contributed by atoms with van der Waals surface area (Å²) in [5.74, 6) is 1.44. The number of aromatic nitrogens is 2. The van der Waals surface area contributed by atoms with E-state index in [1.165, 1.54) is 0 Å². The van der Waals surface area contributed by atoms with Crippen LogP contribution in [0.5, 0.6) is 5.75 Å². The van der Waals surface area contributed by atoms with Crippen molar-refractivity contribution in [1.82, 2.24) is 10.1 Å². The molecule has 6 nitrogen and oxygen atoms in total. The maximum atomic E-state index is 9.95. The Kier molecular flexibility index (Phi) is 3.66. The summed E-state index contributed by atoms with van der Waals surface area (Å²) in [7, 11) is 1.62. The van der Waals surface area contributed by atoms with Gasteiger partial charge in [-0.05, 0) is 30.7 Å². The first-order valence-corrected chi connectivity index (χ1v) is 6.52. The van der Waals surface area contributed by atoms with E-state index in [0.717, 1.165) is 11.3 Å². The van der Waals surface area contributed by atoms with Gasteiger partial charge in [-0.15, -0.1) is 0 Å². The highest BCUT2D eigenvalue weighted by molar-refractivity contribution is 5.55. The van der Waals surface area contributed by atoms with E-state index in [1.54, 1.807) is 7.11 Å². The third-order valence-electron chi connectivity index (χ3n) is 3.43. The highest BCUT2D eigenvalue weighted by Crippen LogP contribution is 2.27. The number of benzene rings is 1. The first-order chi connectivity index (χ1) is 9.78. The molecule has 1 saturated heterocycles. The lowest BCUT2D eigenvalue weighted by atomic mass is 9.99. The molecule has 0 bridgehead atoms. The van der Waals surface area contributed by atoms with Crippen molar-refractivity contribution in [3.63, 3.8) is 0 Å². The molecular formula is C14H16N2O4. The van der Waals surface area contributed by atoms with Gasteiger partial charge in [-0.1, -0.05) is 5.16 Å². The Morgan fingerprint density at radius 2 is 2.10 bits per heavy atom. The summed E-state index contributed by atoms with van der Waals surface area (Å²) in [4.78, 5) is 4.35. The molecule has 0 radical (unpaired) electrons. The molecule has 1 N–H and O–H groups in total. The Morgan fingerprint density at radius 3 is 2.80 bits per heavy atom. The van der Waals surface area contributed by atoms with Crippen LogP contribution >= 0.6 is 0 Å². The second kappa shape index (κ2) is 5.60. The minimum Gasteiger partial charge on any atom is -0.497 e. The van der Waals surface area contributed by atoms with Gasteiger partial charge in [0, 0.05) is 12.2 Å². The molecule has 0 aliphatic carbocycles. The Bertz CT molecular complexity index is 567. The molecule has 2 aromatic rings. The molecule has 20 heavy (non-hydrogen) atoms. The fraction of sp³-hybridized carbons (Fsp3) is 0.429. The van der Waals surface area contributed by atoms with Gasteiger partial charge in [-0.3, -0.25) is 0 Å². The Morgan fingerprint density at radius 1 is 1.30 bits per heavy atom.